The predicted molar refractivity (Wildman–Crippen MR) is 75.3 cm³/mol. The van der Waals surface area contributed by atoms with Crippen molar-refractivity contribution in [1.29, 1.82) is 0 Å². The summed E-state index contributed by atoms with van der Waals surface area (Å²) in [6.45, 7) is 0. The maximum absolute atomic E-state index is 6.14. The maximum Gasteiger partial charge on any atom is 0.0456 e. The van der Waals surface area contributed by atoms with Gasteiger partial charge in [0.25, 0.3) is 0 Å². The molecular weight excluding hydrogens is 253 g/mol. The first-order valence-corrected chi connectivity index (χ1v) is 6.15. The van der Waals surface area contributed by atoms with Gasteiger partial charge in [0.05, 0.1) is 0 Å². The Labute approximate surface area is 111 Å². The van der Waals surface area contributed by atoms with Crippen LogP contribution in [0.3, 0.4) is 0 Å². The van der Waals surface area contributed by atoms with Crippen LogP contribution in [0.1, 0.15) is 11.1 Å². The van der Waals surface area contributed by atoms with Crippen molar-refractivity contribution in [1.82, 2.24) is 0 Å². The lowest BCUT2D eigenvalue weighted by Gasteiger charge is -2.06. The summed E-state index contributed by atoms with van der Waals surface area (Å²) in [5.41, 5.74) is 3.43. The normalized spacial score (nSPS) is 10.3. The third-order valence-electron chi connectivity index (χ3n) is 2.65. The van der Waals surface area contributed by atoms with Crippen LogP contribution in [0.2, 0.25) is 10.0 Å². The molecular formula is C14H13Cl2N. The van der Waals surface area contributed by atoms with Crippen LogP contribution >= 0.6 is 23.2 Å². The third kappa shape index (κ3) is 3.15. The molecule has 0 saturated carbocycles. The molecule has 0 fully saturated rings. The number of nitrogens with one attached hydrogen (secondary N) is 1. The molecule has 88 valence electrons. The van der Waals surface area contributed by atoms with Crippen LogP contribution in [0.5, 0.6) is 0 Å². The first-order valence-electron chi connectivity index (χ1n) is 5.39. The van der Waals surface area contributed by atoms with E-state index in [4.69, 9.17) is 23.2 Å². The summed E-state index contributed by atoms with van der Waals surface area (Å²) in [5, 5.41) is 4.48. The van der Waals surface area contributed by atoms with E-state index in [1.165, 1.54) is 5.56 Å². The summed E-state index contributed by atoms with van der Waals surface area (Å²) in [5.74, 6) is 0. The van der Waals surface area contributed by atoms with Crippen LogP contribution in [-0.2, 0) is 6.42 Å². The molecule has 0 saturated heterocycles. The first kappa shape index (κ1) is 12.3. The molecule has 0 unspecified atom stereocenters. The lowest BCUT2D eigenvalue weighted by molar-refractivity contribution is 1.19. The fraction of sp³-hybridized carbons (Fsp3) is 0.143. The number of hydrogen-bond acceptors (Lipinski definition) is 1. The van der Waals surface area contributed by atoms with E-state index in [1.54, 1.807) is 6.07 Å². The van der Waals surface area contributed by atoms with Crippen molar-refractivity contribution in [2.24, 2.45) is 0 Å². The van der Waals surface area contributed by atoms with Crippen molar-refractivity contribution >= 4 is 28.9 Å². The van der Waals surface area contributed by atoms with E-state index in [1.807, 2.05) is 19.2 Å². The van der Waals surface area contributed by atoms with Crippen LogP contribution < -0.4 is 5.32 Å². The highest BCUT2D eigenvalue weighted by molar-refractivity contribution is 6.35. The number of halogens is 2. The average molecular weight is 266 g/mol. The maximum atomic E-state index is 6.14. The van der Waals surface area contributed by atoms with Crippen molar-refractivity contribution in [2.45, 2.75) is 6.42 Å². The minimum Gasteiger partial charge on any atom is -0.388 e. The Morgan fingerprint density at radius 3 is 2.29 bits per heavy atom. The number of anilines is 1. The largest absolute Gasteiger partial charge is 0.388 e. The number of benzene rings is 2. The fourth-order valence-corrected chi connectivity index (χ4v) is 2.15. The Hall–Kier alpha value is -1.18. The lowest BCUT2D eigenvalue weighted by atomic mass is 10.0. The van der Waals surface area contributed by atoms with Gasteiger partial charge in [-0.05, 0) is 41.8 Å². The second kappa shape index (κ2) is 5.44. The smallest absolute Gasteiger partial charge is 0.0456 e. The SMILES string of the molecule is CNc1ccc(Cc2ccc(Cl)cc2Cl)cc1. The van der Waals surface area contributed by atoms with Crippen molar-refractivity contribution in [3.05, 3.63) is 63.6 Å². The molecule has 1 nitrogen and oxygen atoms in total. The van der Waals surface area contributed by atoms with E-state index in [-0.39, 0.29) is 0 Å². The number of hydrogen-bond donors (Lipinski definition) is 1. The Bertz CT molecular complexity index is 506. The van der Waals surface area contributed by atoms with Crippen LogP contribution in [0.4, 0.5) is 5.69 Å². The molecule has 3 heteroatoms. The molecule has 2 aromatic rings. The third-order valence-corrected chi connectivity index (χ3v) is 3.24. The van der Waals surface area contributed by atoms with Crippen LogP contribution in [0.25, 0.3) is 0 Å². The molecule has 0 amide bonds. The monoisotopic (exact) mass is 265 g/mol. The highest BCUT2D eigenvalue weighted by Gasteiger charge is 2.02. The van der Waals surface area contributed by atoms with Crippen molar-refractivity contribution < 1.29 is 0 Å². The summed E-state index contributed by atoms with van der Waals surface area (Å²) >= 11 is 12.0. The molecule has 0 aliphatic heterocycles. The molecule has 0 radical (unpaired) electrons. The molecule has 17 heavy (non-hydrogen) atoms. The Balaban J connectivity index is 2.19. The molecule has 0 atom stereocenters. The lowest BCUT2D eigenvalue weighted by Crippen LogP contribution is -1.91. The summed E-state index contributed by atoms with van der Waals surface area (Å²) in [7, 11) is 1.91. The molecule has 0 heterocycles. The van der Waals surface area contributed by atoms with E-state index in [0.717, 1.165) is 22.7 Å². The van der Waals surface area contributed by atoms with Crippen LogP contribution in [0.15, 0.2) is 42.5 Å². The van der Waals surface area contributed by atoms with E-state index in [0.29, 0.717) is 5.02 Å². The van der Waals surface area contributed by atoms with Gasteiger partial charge in [-0.15, -0.1) is 0 Å². The van der Waals surface area contributed by atoms with E-state index < -0.39 is 0 Å². The summed E-state index contributed by atoms with van der Waals surface area (Å²) < 4.78 is 0. The van der Waals surface area contributed by atoms with Gasteiger partial charge in [0, 0.05) is 22.8 Å². The predicted octanol–water partition coefficient (Wildman–Crippen LogP) is 4.63. The highest BCUT2D eigenvalue weighted by atomic mass is 35.5. The Morgan fingerprint density at radius 2 is 1.71 bits per heavy atom. The van der Waals surface area contributed by atoms with Gasteiger partial charge in [-0.25, -0.2) is 0 Å². The topological polar surface area (TPSA) is 12.0 Å². The Kier molecular flexibility index (Phi) is 3.93. The molecule has 0 aromatic heterocycles. The molecule has 2 rings (SSSR count). The first-order chi connectivity index (χ1) is 8.19. The van der Waals surface area contributed by atoms with Gasteiger partial charge in [0.2, 0.25) is 0 Å². The second-order valence-corrected chi connectivity index (χ2v) is 4.70. The van der Waals surface area contributed by atoms with Crippen molar-refractivity contribution in [2.75, 3.05) is 12.4 Å². The van der Waals surface area contributed by atoms with Crippen LogP contribution in [0, 0.1) is 0 Å². The quantitative estimate of drug-likeness (QED) is 0.854. The summed E-state index contributed by atoms with van der Waals surface area (Å²) in [6, 6.07) is 13.9. The molecule has 0 aliphatic rings. The average Bonchev–Trinajstić information content (AvgIpc) is 2.34. The molecule has 0 aliphatic carbocycles. The van der Waals surface area contributed by atoms with Gasteiger partial charge in [-0.2, -0.15) is 0 Å². The van der Waals surface area contributed by atoms with Gasteiger partial charge >= 0.3 is 0 Å². The molecule has 0 bridgehead atoms. The molecule has 1 N–H and O–H groups in total. The van der Waals surface area contributed by atoms with Gasteiger partial charge in [-0.3, -0.25) is 0 Å². The van der Waals surface area contributed by atoms with E-state index in [2.05, 4.69) is 29.6 Å². The molecule has 2 aromatic carbocycles. The van der Waals surface area contributed by atoms with Gasteiger partial charge in [-0.1, -0.05) is 41.4 Å². The fourth-order valence-electron chi connectivity index (χ4n) is 1.67. The molecule has 0 spiro atoms. The zero-order chi connectivity index (χ0) is 12.3. The summed E-state index contributed by atoms with van der Waals surface area (Å²) in [4.78, 5) is 0. The minimum atomic E-state index is 0.671. The van der Waals surface area contributed by atoms with Crippen molar-refractivity contribution in [3.63, 3.8) is 0 Å². The van der Waals surface area contributed by atoms with E-state index >= 15 is 0 Å². The van der Waals surface area contributed by atoms with Crippen molar-refractivity contribution in [3.8, 4) is 0 Å². The second-order valence-electron chi connectivity index (χ2n) is 3.86. The van der Waals surface area contributed by atoms with Gasteiger partial charge < -0.3 is 5.32 Å². The number of rotatable bonds is 3. The Morgan fingerprint density at radius 1 is 1.00 bits per heavy atom. The van der Waals surface area contributed by atoms with Gasteiger partial charge in [0.1, 0.15) is 0 Å². The highest BCUT2D eigenvalue weighted by Crippen LogP contribution is 2.23. The van der Waals surface area contributed by atoms with Crippen LogP contribution in [-0.4, -0.2) is 7.05 Å². The minimum absolute atomic E-state index is 0.671. The van der Waals surface area contributed by atoms with E-state index in [9.17, 15) is 0 Å². The van der Waals surface area contributed by atoms with Gasteiger partial charge in [0.15, 0.2) is 0 Å². The standard InChI is InChI=1S/C14H13Cl2N/c1-17-13-6-2-10(3-7-13)8-11-4-5-12(15)9-14(11)16/h2-7,9,17H,8H2,1H3. The zero-order valence-electron chi connectivity index (χ0n) is 9.50. The summed E-state index contributed by atoms with van der Waals surface area (Å²) in [6.07, 6.45) is 0.819. The zero-order valence-corrected chi connectivity index (χ0v) is 11.0.